The molecule has 0 aliphatic carbocycles. The molecule has 4 heteroatoms. The largest absolute Gasteiger partial charge is 0.337 e. The van der Waals surface area contributed by atoms with Crippen molar-refractivity contribution in [2.75, 3.05) is 6.54 Å². The minimum Gasteiger partial charge on any atom is -0.337 e. The topological polar surface area (TPSA) is 29.9 Å². The Balaban J connectivity index is 1.61. The van der Waals surface area contributed by atoms with Crippen molar-refractivity contribution in [2.24, 2.45) is 0 Å². The molecule has 0 amide bonds. The number of benzene rings is 1. The number of nitrogens with zero attached hydrogens (tertiary/aromatic N) is 2. The van der Waals surface area contributed by atoms with Gasteiger partial charge in [-0.05, 0) is 43.5 Å². The molecular formula is C15H20ClN3. The summed E-state index contributed by atoms with van der Waals surface area (Å²) < 4.78 is 2.11. The van der Waals surface area contributed by atoms with Crippen molar-refractivity contribution in [1.82, 2.24) is 14.9 Å². The number of aromatic nitrogens is 2. The third-order valence-corrected chi connectivity index (χ3v) is 3.45. The van der Waals surface area contributed by atoms with Crippen LogP contribution in [-0.2, 0) is 13.1 Å². The number of rotatable bonds is 7. The molecule has 3 nitrogen and oxygen atoms in total. The first kappa shape index (κ1) is 14.1. The zero-order valence-corrected chi connectivity index (χ0v) is 12.0. The van der Waals surface area contributed by atoms with Crippen LogP contribution in [0.25, 0.3) is 0 Å². The molecule has 1 aromatic heterocycles. The minimum atomic E-state index is 0.837. The molecular weight excluding hydrogens is 258 g/mol. The Morgan fingerprint density at radius 2 is 2.21 bits per heavy atom. The van der Waals surface area contributed by atoms with E-state index in [1.54, 1.807) is 0 Å². The van der Waals surface area contributed by atoms with E-state index in [-0.39, 0.29) is 0 Å². The Labute approximate surface area is 119 Å². The summed E-state index contributed by atoms with van der Waals surface area (Å²) in [6.07, 6.45) is 7.99. The molecule has 0 radical (unpaired) electrons. The number of imidazole rings is 1. The first-order chi connectivity index (χ1) is 9.25. The van der Waals surface area contributed by atoms with Gasteiger partial charge in [0, 0.05) is 30.5 Å². The summed E-state index contributed by atoms with van der Waals surface area (Å²) in [7, 11) is 0. The standard InChI is InChI=1S/C15H20ClN3/c1-13-4-5-14(15(16)10-13)11-17-6-2-3-8-19-9-7-18-12-19/h4-5,7,9-10,12,17H,2-3,6,8,11H2,1H3. The van der Waals surface area contributed by atoms with Crippen molar-refractivity contribution in [3.63, 3.8) is 0 Å². The number of aryl methyl sites for hydroxylation is 2. The van der Waals surface area contributed by atoms with Gasteiger partial charge in [0.1, 0.15) is 0 Å². The van der Waals surface area contributed by atoms with E-state index in [9.17, 15) is 0 Å². The van der Waals surface area contributed by atoms with Gasteiger partial charge in [-0.1, -0.05) is 23.7 Å². The van der Waals surface area contributed by atoms with E-state index < -0.39 is 0 Å². The molecule has 0 saturated heterocycles. The number of nitrogens with one attached hydrogen (secondary N) is 1. The molecule has 0 saturated carbocycles. The Morgan fingerprint density at radius 3 is 2.95 bits per heavy atom. The monoisotopic (exact) mass is 277 g/mol. The van der Waals surface area contributed by atoms with Crippen molar-refractivity contribution in [3.8, 4) is 0 Å². The average Bonchev–Trinajstić information content (AvgIpc) is 2.89. The van der Waals surface area contributed by atoms with E-state index in [1.165, 1.54) is 11.1 Å². The first-order valence-corrected chi connectivity index (χ1v) is 7.05. The molecule has 102 valence electrons. The van der Waals surface area contributed by atoms with Gasteiger partial charge in [-0.2, -0.15) is 0 Å². The van der Waals surface area contributed by atoms with Crippen LogP contribution in [0, 0.1) is 6.92 Å². The molecule has 0 bridgehead atoms. The molecule has 1 N–H and O–H groups in total. The van der Waals surface area contributed by atoms with Gasteiger partial charge in [0.15, 0.2) is 0 Å². The molecule has 2 rings (SSSR count). The van der Waals surface area contributed by atoms with E-state index in [0.717, 1.165) is 37.5 Å². The van der Waals surface area contributed by atoms with Crippen molar-refractivity contribution >= 4 is 11.6 Å². The van der Waals surface area contributed by atoms with E-state index >= 15 is 0 Å². The zero-order chi connectivity index (χ0) is 13.5. The van der Waals surface area contributed by atoms with Gasteiger partial charge in [0.25, 0.3) is 0 Å². The van der Waals surface area contributed by atoms with Gasteiger partial charge in [0.05, 0.1) is 6.33 Å². The summed E-state index contributed by atoms with van der Waals surface area (Å²) >= 11 is 6.19. The van der Waals surface area contributed by atoms with Crippen LogP contribution >= 0.6 is 11.6 Å². The number of hydrogen-bond donors (Lipinski definition) is 1. The summed E-state index contributed by atoms with van der Waals surface area (Å²) in [6, 6.07) is 6.20. The maximum Gasteiger partial charge on any atom is 0.0945 e. The lowest BCUT2D eigenvalue weighted by Gasteiger charge is -2.07. The second-order valence-electron chi connectivity index (χ2n) is 4.78. The molecule has 19 heavy (non-hydrogen) atoms. The lowest BCUT2D eigenvalue weighted by Crippen LogP contribution is -2.15. The van der Waals surface area contributed by atoms with E-state index in [0.29, 0.717) is 0 Å². The summed E-state index contributed by atoms with van der Waals surface area (Å²) in [5, 5.41) is 4.29. The molecule has 0 unspecified atom stereocenters. The highest BCUT2D eigenvalue weighted by molar-refractivity contribution is 6.31. The summed E-state index contributed by atoms with van der Waals surface area (Å²) in [4.78, 5) is 4.03. The third kappa shape index (κ3) is 4.69. The van der Waals surface area contributed by atoms with E-state index in [1.807, 2.05) is 24.8 Å². The fraction of sp³-hybridized carbons (Fsp3) is 0.400. The van der Waals surface area contributed by atoms with Crippen LogP contribution in [0.2, 0.25) is 5.02 Å². The molecule has 0 fully saturated rings. The minimum absolute atomic E-state index is 0.837. The van der Waals surface area contributed by atoms with Crippen LogP contribution in [0.15, 0.2) is 36.9 Å². The number of halogens is 1. The van der Waals surface area contributed by atoms with Gasteiger partial charge < -0.3 is 9.88 Å². The molecule has 1 aromatic carbocycles. The number of hydrogen-bond acceptors (Lipinski definition) is 2. The van der Waals surface area contributed by atoms with E-state index in [4.69, 9.17) is 11.6 Å². The van der Waals surface area contributed by atoms with Crippen molar-refractivity contribution < 1.29 is 0 Å². The van der Waals surface area contributed by atoms with Crippen LogP contribution < -0.4 is 5.32 Å². The lowest BCUT2D eigenvalue weighted by molar-refractivity contribution is 0.568. The Kier molecular flexibility index (Phi) is 5.43. The highest BCUT2D eigenvalue weighted by Crippen LogP contribution is 2.17. The normalized spacial score (nSPS) is 10.8. The predicted octanol–water partition coefficient (Wildman–Crippen LogP) is 3.41. The Morgan fingerprint density at radius 1 is 1.32 bits per heavy atom. The second-order valence-corrected chi connectivity index (χ2v) is 5.19. The quantitative estimate of drug-likeness (QED) is 0.786. The van der Waals surface area contributed by atoms with Crippen LogP contribution in [0.5, 0.6) is 0 Å². The summed E-state index contributed by atoms with van der Waals surface area (Å²) in [5.74, 6) is 0. The molecule has 0 spiro atoms. The lowest BCUT2D eigenvalue weighted by atomic mass is 10.1. The first-order valence-electron chi connectivity index (χ1n) is 6.67. The fourth-order valence-corrected chi connectivity index (χ4v) is 2.28. The van der Waals surface area contributed by atoms with Crippen LogP contribution in [0.1, 0.15) is 24.0 Å². The highest BCUT2D eigenvalue weighted by Gasteiger charge is 1.99. The summed E-state index contributed by atoms with van der Waals surface area (Å²) in [6.45, 7) is 4.94. The van der Waals surface area contributed by atoms with Crippen molar-refractivity contribution in [1.29, 1.82) is 0 Å². The van der Waals surface area contributed by atoms with Crippen molar-refractivity contribution in [3.05, 3.63) is 53.1 Å². The smallest absolute Gasteiger partial charge is 0.0945 e. The van der Waals surface area contributed by atoms with Gasteiger partial charge in [-0.3, -0.25) is 0 Å². The predicted molar refractivity (Wildman–Crippen MR) is 79.4 cm³/mol. The fourth-order valence-electron chi connectivity index (χ4n) is 1.98. The van der Waals surface area contributed by atoms with E-state index in [2.05, 4.69) is 33.9 Å². The van der Waals surface area contributed by atoms with Gasteiger partial charge in [0.2, 0.25) is 0 Å². The Bertz CT molecular complexity index is 494. The Hall–Kier alpha value is -1.32. The maximum atomic E-state index is 6.19. The van der Waals surface area contributed by atoms with Crippen LogP contribution in [0.4, 0.5) is 0 Å². The number of unbranched alkanes of at least 4 members (excludes halogenated alkanes) is 1. The molecule has 0 atom stereocenters. The van der Waals surface area contributed by atoms with Gasteiger partial charge in [-0.15, -0.1) is 0 Å². The SMILES string of the molecule is Cc1ccc(CNCCCCn2ccnc2)c(Cl)c1. The molecule has 1 heterocycles. The third-order valence-electron chi connectivity index (χ3n) is 3.10. The van der Waals surface area contributed by atoms with Crippen molar-refractivity contribution in [2.45, 2.75) is 32.9 Å². The summed E-state index contributed by atoms with van der Waals surface area (Å²) in [5.41, 5.74) is 2.37. The molecule has 0 aliphatic rings. The zero-order valence-electron chi connectivity index (χ0n) is 11.3. The second kappa shape index (κ2) is 7.31. The maximum absolute atomic E-state index is 6.19. The molecule has 0 aliphatic heterocycles. The van der Waals surface area contributed by atoms with Crippen LogP contribution in [0.3, 0.4) is 0 Å². The molecule has 2 aromatic rings. The van der Waals surface area contributed by atoms with Crippen LogP contribution in [-0.4, -0.2) is 16.1 Å². The van der Waals surface area contributed by atoms with Gasteiger partial charge >= 0.3 is 0 Å². The highest BCUT2D eigenvalue weighted by atomic mass is 35.5. The van der Waals surface area contributed by atoms with Gasteiger partial charge in [-0.25, -0.2) is 4.98 Å². The average molecular weight is 278 g/mol.